The molecule has 2 unspecified atom stereocenters. The first-order valence-corrected chi connectivity index (χ1v) is 7.48. The highest BCUT2D eigenvalue weighted by Gasteiger charge is 2.32. The van der Waals surface area contributed by atoms with E-state index in [9.17, 15) is 4.79 Å². The van der Waals surface area contributed by atoms with Crippen LogP contribution in [0.5, 0.6) is 0 Å². The molecule has 0 spiro atoms. The molecular formula is C12H19N5OS. The third-order valence-electron chi connectivity index (χ3n) is 4.12. The Balaban J connectivity index is 1.70. The first-order valence-electron chi connectivity index (χ1n) is 6.70. The van der Waals surface area contributed by atoms with Crippen molar-refractivity contribution in [2.75, 3.05) is 24.1 Å². The molecule has 0 aromatic carbocycles. The number of nitrogen functional groups attached to an aromatic ring is 1. The first-order chi connectivity index (χ1) is 9.15. The van der Waals surface area contributed by atoms with Gasteiger partial charge in [-0.1, -0.05) is 0 Å². The molecule has 104 valence electrons. The van der Waals surface area contributed by atoms with Gasteiger partial charge in [-0.15, -0.1) is 0 Å². The Morgan fingerprint density at radius 1 is 1.42 bits per heavy atom. The smallest absolute Gasteiger partial charge is 0.255 e. The molecule has 3 heterocycles. The zero-order valence-electron chi connectivity index (χ0n) is 10.8. The van der Waals surface area contributed by atoms with Gasteiger partial charge in [0.25, 0.3) is 5.91 Å². The molecule has 3 rings (SSSR count). The number of amides is 1. The maximum absolute atomic E-state index is 11.4. The van der Waals surface area contributed by atoms with Gasteiger partial charge in [0.2, 0.25) is 0 Å². The quantitative estimate of drug-likeness (QED) is 0.763. The second-order valence-electron chi connectivity index (χ2n) is 5.33. The van der Waals surface area contributed by atoms with Crippen LogP contribution >= 0.6 is 11.5 Å². The number of aromatic nitrogens is 1. The van der Waals surface area contributed by atoms with Crippen LogP contribution in [0.1, 0.15) is 36.0 Å². The Morgan fingerprint density at radius 2 is 2.26 bits per heavy atom. The second kappa shape index (κ2) is 4.97. The van der Waals surface area contributed by atoms with Crippen LogP contribution < -0.4 is 16.8 Å². The van der Waals surface area contributed by atoms with E-state index in [0.29, 0.717) is 17.6 Å². The second-order valence-corrected chi connectivity index (χ2v) is 6.11. The number of hydrogen-bond donors (Lipinski definition) is 3. The number of piperidine rings is 1. The lowest BCUT2D eigenvalue weighted by Crippen LogP contribution is -2.42. The molecule has 1 aromatic heterocycles. The van der Waals surface area contributed by atoms with Crippen molar-refractivity contribution in [3.63, 3.8) is 0 Å². The number of fused-ring (bicyclic) bond motifs is 1. The molecule has 2 fully saturated rings. The van der Waals surface area contributed by atoms with Crippen LogP contribution in [0.3, 0.4) is 0 Å². The number of carbonyl (C=O) groups is 1. The molecule has 19 heavy (non-hydrogen) atoms. The van der Waals surface area contributed by atoms with Crippen LogP contribution in [0.25, 0.3) is 0 Å². The molecule has 0 radical (unpaired) electrons. The zero-order chi connectivity index (χ0) is 13.4. The van der Waals surface area contributed by atoms with Crippen LogP contribution in [0.2, 0.25) is 0 Å². The van der Waals surface area contributed by atoms with Crippen molar-refractivity contribution in [3.8, 4) is 0 Å². The molecular weight excluding hydrogens is 262 g/mol. The Kier molecular flexibility index (Phi) is 3.32. The van der Waals surface area contributed by atoms with E-state index in [2.05, 4.69) is 14.6 Å². The van der Waals surface area contributed by atoms with E-state index < -0.39 is 5.91 Å². The van der Waals surface area contributed by atoms with Crippen molar-refractivity contribution in [1.29, 1.82) is 0 Å². The molecule has 0 bridgehead atoms. The molecule has 6 nitrogen and oxygen atoms in total. The number of hydrogen-bond acceptors (Lipinski definition) is 6. The summed E-state index contributed by atoms with van der Waals surface area (Å²) in [6, 6.07) is 1.07. The molecule has 1 aromatic rings. The first kappa shape index (κ1) is 12.7. The third-order valence-corrected chi connectivity index (χ3v) is 4.91. The molecule has 2 aliphatic rings. The Morgan fingerprint density at radius 3 is 3.05 bits per heavy atom. The van der Waals surface area contributed by atoms with Gasteiger partial charge < -0.3 is 21.7 Å². The molecule has 2 atom stereocenters. The summed E-state index contributed by atoms with van der Waals surface area (Å²) in [5, 5.41) is 4.14. The fourth-order valence-electron chi connectivity index (χ4n) is 3.18. The van der Waals surface area contributed by atoms with E-state index >= 15 is 0 Å². The fraction of sp³-hybridized carbons (Fsp3) is 0.667. The van der Waals surface area contributed by atoms with Gasteiger partial charge in [0.15, 0.2) is 5.82 Å². The number of nitrogens with one attached hydrogen (secondary N) is 1. The fourth-order valence-corrected chi connectivity index (χ4v) is 3.98. The van der Waals surface area contributed by atoms with Crippen LogP contribution in [0, 0.1) is 0 Å². The van der Waals surface area contributed by atoms with Crippen LogP contribution in [-0.2, 0) is 0 Å². The summed E-state index contributed by atoms with van der Waals surface area (Å²) >= 11 is 1.22. The normalized spacial score (nSPS) is 27.2. The van der Waals surface area contributed by atoms with E-state index in [1.807, 2.05) is 0 Å². The topological polar surface area (TPSA) is 97.3 Å². The molecule has 7 heteroatoms. The van der Waals surface area contributed by atoms with Gasteiger partial charge >= 0.3 is 0 Å². The van der Waals surface area contributed by atoms with E-state index in [1.165, 1.54) is 30.9 Å². The van der Waals surface area contributed by atoms with Gasteiger partial charge in [0.1, 0.15) is 10.6 Å². The van der Waals surface area contributed by atoms with E-state index in [-0.39, 0.29) is 5.82 Å². The summed E-state index contributed by atoms with van der Waals surface area (Å²) < 4.78 is 4.02. The number of nitrogens with two attached hydrogens (primary N) is 2. The van der Waals surface area contributed by atoms with E-state index in [4.69, 9.17) is 11.5 Å². The van der Waals surface area contributed by atoms with E-state index in [0.717, 1.165) is 24.4 Å². The predicted octanol–water partition coefficient (Wildman–Crippen LogP) is 0.863. The number of carbonyl (C=O) groups excluding carboxylic acids is 1. The van der Waals surface area contributed by atoms with Crippen LogP contribution in [-0.4, -0.2) is 40.4 Å². The standard InChI is InChI=1S/C12H19N5OS/c13-10-9(11(14)18)12(19-16-10)15-7-3-5-17-4-1-2-8(17)6-7/h7-8,15H,1-6H2,(H2,13,16)(H2,14,18). The largest absolute Gasteiger partial charge is 0.382 e. The van der Waals surface area contributed by atoms with Crippen molar-refractivity contribution in [1.82, 2.24) is 9.27 Å². The van der Waals surface area contributed by atoms with E-state index in [1.54, 1.807) is 0 Å². The lowest BCUT2D eigenvalue weighted by molar-refractivity contribution is 0.100. The number of primary amides is 1. The minimum atomic E-state index is -0.507. The zero-order valence-corrected chi connectivity index (χ0v) is 11.6. The highest BCUT2D eigenvalue weighted by atomic mass is 32.1. The van der Waals surface area contributed by atoms with Crippen LogP contribution in [0.15, 0.2) is 0 Å². The van der Waals surface area contributed by atoms with Gasteiger partial charge in [0.05, 0.1) is 0 Å². The maximum Gasteiger partial charge on any atom is 0.255 e. The molecule has 0 saturated carbocycles. The molecule has 5 N–H and O–H groups in total. The van der Waals surface area contributed by atoms with Gasteiger partial charge in [-0.25, -0.2) is 0 Å². The summed E-state index contributed by atoms with van der Waals surface area (Å²) in [6.07, 6.45) is 4.80. The van der Waals surface area contributed by atoms with Gasteiger partial charge in [-0.05, 0) is 43.8 Å². The molecule has 2 aliphatic heterocycles. The SMILES string of the molecule is NC(=O)c1c(N)nsc1NC1CCN2CCCC2C1. The predicted molar refractivity (Wildman–Crippen MR) is 76.3 cm³/mol. The molecule has 2 saturated heterocycles. The van der Waals surface area contributed by atoms with Gasteiger partial charge in [0, 0.05) is 18.6 Å². The average molecular weight is 281 g/mol. The maximum atomic E-state index is 11.4. The number of anilines is 2. The molecule has 1 amide bonds. The lowest BCUT2D eigenvalue weighted by Gasteiger charge is -2.35. The lowest BCUT2D eigenvalue weighted by atomic mass is 9.97. The van der Waals surface area contributed by atoms with Gasteiger partial charge in [-0.2, -0.15) is 4.37 Å². The minimum absolute atomic E-state index is 0.235. The Bertz CT molecular complexity index is 488. The number of rotatable bonds is 3. The van der Waals surface area contributed by atoms with Crippen molar-refractivity contribution in [2.24, 2.45) is 5.73 Å². The monoisotopic (exact) mass is 281 g/mol. The molecule has 0 aliphatic carbocycles. The Labute approximate surface area is 116 Å². The van der Waals surface area contributed by atoms with Crippen molar-refractivity contribution < 1.29 is 4.79 Å². The summed E-state index contributed by atoms with van der Waals surface area (Å²) in [5.74, 6) is -0.273. The van der Waals surface area contributed by atoms with Crippen LogP contribution in [0.4, 0.5) is 10.8 Å². The average Bonchev–Trinajstić information content (AvgIpc) is 2.95. The summed E-state index contributed by atoms with van der Waals surface area (Å²) in [4.78, 5) is 14.0. The van der Waals surface area contributed by atoms with Crippen molar-refractivity contribution in [3.05, 3.63) is 5.56 Å². The van der Waals surface area contributed by atoms with Crippen molar-refractivity contribution >= 4 is 28.3 Å². The van der Waals surface area contributed by atoms with Crippen molar-refractivity contribution in [2.45, 2.75) is 37.8 Å². The highest BCUT2D eigenvalue weighted by Crippen LogP contribution is 2.32. The highest BCUT2D eigenvalue weighted by molar-refractivity contribution is 7.11. The third kappa shape index (κ3) is 2.40. The summed E-state index contributed by atoms with van der Waals surface area (Å²) in [7, 11) is 0. The summed E-state index contributed by atoms with van der Waals surface area (Å²) in [5.41, 5.74) is 11.4. The number of nitrogens with zero attached hydrogens (tertiary/aromatic N) is 2. The summed E-state index contributed by atoms with van der Waals surface area (Å²) in [6.45, 7) is 2.36. The Hall–Kier alpha value is -1.34. The minimum Gasteiger partial charge on any atom is -0.382 e. The van der Waals surface area contributed by atoms with Gasteiger partial charge in [-0.3, -0.25) is 4.79 Å².